The number of unbranched alkanes of at least 4 members (excludes halogenated alkanes) is 12. The molecule has 0 atom stereocenters. The third kappa shape index (κ3) is 23.3. The van der Waals surface area contributed by atoms with E-state index < -0.39 is 0 Å². The van der Waals surface area contributed by atoms with Crippen molar-refractivity contribution in [1.29, 1.82) is 0 Å². The van der Waals surface area contributed by atoms with Crippen LogP contribution in [0.4, 0.5) is 0 Å². The van der Waals surface area contributed by atoms with Gasteiger partial charge in [0.05, 0.1) is 0 Å². The molecular weight excluding hydrogens is 985 g/mol. The van der Waals surface area contributed by atoms with Crippen LogP contribution in [0.2, 0.25) is 0 Å². The topological polar surface area (TPSA) is 78.9 Å². The van der Waals surface area contributed by atoms with Crippen LogP contribution in [0.15, 0.2) is 157 Å². The van der Waals surface area contributed by atoms with Crippen LogP contribution < -0.4 is 14.2 Å². The molecule has 0 radical (unpaired) electrons. The quantitative estimate of drug-likeness (QED) is 0.0285. The molecule has 0 saturated carbocycles. The molecule has 9 heteroatoms. The van der Waals surface area contributed by atoms with Crippen LogP contribution in [0, 0.1) is 41.5 Å². The zero-order chi connectivity index (χ0) is 54.2. The molecule has 6 rings (SSSR count). The lowest BCUT2D eigenvalue weighted by molar-refractivity contribution is -0.137. The minimum Gasteiger partial charge on any atom is -0.427 e. The standard InChI is InChI=1S/C34H50O4S.C20H24O2S.C12H10S/c1-9-11-13-15-17-19-29(35)37-31-26(6)27(7)34(39-33-24(4)22-21-23(3)25(33)5)28(8)32(31)38-30(36)20-18-16-14-12-10-2;1-2-3-4-5-9-12-20(21)22-17-13-15-19(16-14-17)23-18-10-7-6-8-11-18;1-3-7-11(8-4-1)13-12-9-5-2-6-10-12/h21-22H,9-20H2,1-8H3;6-8,10-11,13-16H,2-5,9,12H2,1H3;1-10H. The van der Waals surface area contributed by atoms with Crippen molar-refractivity contribution in [3.8, 4) is 17.2 Å². The van der Waals surface area contributed by atoms with Gasteiger partial charge in [-0.05, 0) is 149 Å². The Morgan fingerprint density at radius 3 is 1.11 bits per heavy atom. The van der Waals surface area contributed by atoms with Crippen molar-refractivity contribution < 1.29 is 28.6 Å². The molecule has 0 N–H and O–H groups in total. The van der Waals surface area contributed by atoms with E-state index >= 15 is 0 Å². The largest absolute Gasteiger partial charge is 0.427 e. The molecule has 0 unspecified atom stereocenters. The molecule has 0 aliphatic rings. The van der Waals surface area contributed by atoms with E-state index in [0.717, 1.165) is 77.8 Å². The van der Waals surface area contributed by atoms with Crippen molar-refractivity contribution in [2.45, 2.75) is 207 Å². The summed E-state index contributed by atoms with van der Waals surface area (Å²) in [5.74, 6) is 0.738. The molecular formula is C66H84O6S3. The zero-order valence-electron chi connectivity index (χ0n) is 46.5. The molecule has 0 aromatic heterocycles. The van der Waals surface area contributed by atoms with Gasteiger partial charge in [-0.3, -0.25) is 14.4 Å². The molecule has 0 spiro atoms. The summed E-state index contributed by atoms with van der Waals surface area (Å²) in [5.41, 5.74) is 6.44. The summed E-state index contributed by atoms with van der Waals surface area (Å²) in [4.78, 5) is 44.8. The van der Waals surface area contributed by atoms with Crippen LogP contribution in [0.1, 0.15) is 170 Å². The lowest BCUT2D eigenvalue weighted by Crippen LogP contribution is -2.15. The van der Waals surface area contributed by atoms with E-state index in [0.29, 0.717) is 36.5 Å². The number of benzene rings is 6. The first-order chi connectivity index (χ1) is 36.3. The van der Waals surface area contributed by atoms with Crippen molar-refractivity contribution in [3.63, 3.8) is 0 Å². The second-order valence-electron chi connectivity index (χ2n) is 19.1. The zero-order valence-corrected chi connectivity index (χ0v) is 49.0. The van der Waals surface area contributed by atoms with Crippen LogP contribution in [-0.4, -0.2) is 17.9 Å². The number of rotatable bonds is 27. The molecule has 0 saturated heterocycles. The maximum atomic E-state index is 13.0. The molecule has 402 valence electrons. The summed E-state index contributed by atoms with van der Waals surface area (Å²) in [7, 11) is 0. The van der Waals surface area contributed by atoms with Gasteiger partial charge in [0.2, 0.25) is 0 Å². The Labute approximate surface area is 464 Å². The number of ether oxygens (including phenoxy) is 3. The van der Waals surface area contributed by atoms with Crippen molar-refractivity contribution in [2.75, 3.05) is 0 Å². The highest BCUT2D eigenvalue weighted by Gasteiger charge is 2.25. The molecule has 6 aromatic carbocycles. The summed E-state index contributed by atoms with van der Waals surface area (Å²) in [6.45, 7) is 18.9. The molecule has 0 aliphatic carbocycles. The monoisotopic (exact) mass is 1070 g/mol. The average molecular weight is 1070 g/mol. The molecule has 0 bridgehead atoms. The van der Waals surface area contributed by atoms with Crippen LogP contribution in [0.25, 0.3) is 0 Å². The smallest absolute Gasteiger partial charge is 0.311 e. The Kier molecular flexibility index (Phi) is 29.9. The van der Waals surface area contributed by atoms with Crippen LogP contribution in [0.5, 0.6) is 17.2 Å². The van der Waals surface area contributed by atoms with E-state index in [9.17, 15) is 14.4 Å². The molecule has 75 heavy (non-hydrogen) atoms. The summed E-state index contributed by atoms with van der Waals surface area (Å²) in [6, 6.07) is 43.0. The third-order valence-electron chi connectivity index (χ3n) is 12.9. The number of esters is 3. The van der Waals surface area contributed by atoms with E-state index in [4.69, 9.17) is 14.2 Å². The maximum Gasteiger partial charge on any atom is 0.311 e. The van der Waals surface area contributed by atoms with Gasteiger partial charge in [-0.25, -0.2) is 0 Å². The van der Waals surface area contributed by atoms with Crippen molar-refractivity contribution in [3.05, 3.63) is 161 Å². The highest BCUT2D eigenvalue weighted by Crippen LogP contribution is 2.47. The molecule has 6 nitrogen and oxygen atoms in total. The van der Waals surface area contributed by atoms with Crippen molar-refractivity contribution >= 4 is 53.2 Å². The highest BCUT2D eigenvalue weighted by molar-refractivity contribution is 8.00. The Hall–Kier alpha value is -5.22. The molecule has 0 heterocycles. The summed E-state index contributed by atoms with van der Waals surface area (Å²) in [5, 5.41) is 0. The molecule has 6 aromatic rings. The van der Waals surface area contributed by atoms with Crippen molar-refractivity contribution in [2.24, 2.45) is 0 Å². The predicted molar refractivity (Wildman–Crippen MR) is 316 cm³/mol. The maximum absolute atomic E-state index is 13.0. The van der Waals surface area contributed by atoms with Gasteiger partial charge in [0.15, 0.2) is 11.5 Å². The van der Waals surface area contributed by atoms with Gasteiger partial charge < -0.3 is 14.2 Å². The highest BCUT2D eigenvalue weighted by atomic mass is 32.2. The number of hydrogen-bond acceptors (Lipinski definition) is 9. The third-order valence-corrected chi connectivity index (χ3v) is 16.5. The first kappa shape index (κ1) is 62.3. The van der Waals surface area contributed by atoms with Gasteiger partial charge in [-0.2, -0.15) is 0 Å². The van der Waals surface area contributed by atoms with Crippen LogP contribution in [-0.2, 0) is 14.4 Å². The number of carbonyl (C=O) groups is 3. The second kappa shape index (κ2) is 35.9. The Morgan fingerprint density at radius 1 is 0.333 bits per heavy atom. The minimum atomic E-state index is -0.270. The normalized spacial score (nSPS) is 10.7. The lowest BCUT2D eigenvalue weighted by atomic mass is 10.0. The van der Waals surface area contributed by atoms with E-state index in [1.807, 2.05) is 68.4 Å². The lowest BCUT2D eigenvalue weighted by Gasteiger charge is -2.22. The Bertz CT molecular complexity index is 2560. The summed E-state index contributed by atoms with van der Waals surface area (Å²) < 4.78 is 17.3. The van der Waals surface area contributed by atoms with Crippen molar-refractivity contribution in [1.82, 2.24) is 0 Å². The van der Waals surface area contributed by atoms with E-state index in [-0.39, 0.29) is 17.9 Å². The Morgan fingerprint density at radius 2 is 0.693 bits per heavy atom. The van der Waals surface area contributed by atoms with Gasteiger partial charge in [-0.15, -0.1) is 0 Å². The summed E-state index contributed by atoms with van der Waals surface area (Å²) >= 11 is 5.19. The van der Waals surface area contributed by atoms with Gasteiger partial charge in [0.1, 0.15) is 5.75 Å². The van der Waals surface area contributed by atoms with Crippen LogP contribution in [0.3, 0.4) is 0 Å². The van der Waals surface area contributed by atoms with E-state index in [1.54, 1.807) is 35.3 Å². The SMILES string of the molecule is CCCCCCCC(=O)Oc1c(C)c(C)c(Sc2c(C)ccc(C)c2C)c(C)c1OC(=O)CCCCCCC.CCCCCCCC(=O)Oc1ccc(Sc2ccccc2)cc1.c1ccc(Sc2ccccc2)cc1. The van der Waals surface area contributed by atoms with Crippen LogP contribution >= 0.6 is 35.3 Å². The van der Waals surface area contributed by atoms with Gasteiger partial charge in [-0.1, -0.05) is 200 Å². The number of carbonyl (C=O) groups excluding carboxylic acids is 3. The fourth-order valence-corrected chi connectivity index (χ4v) is 11.1. The minimum absolute atomic E-state index is 0.134. The fourth-order valence-electron chi connectivity index (χ4n) is 8.09. The number of hydrogen-bond donors (Lipinski definition) is 0. The number of aryl methyl sites for hydroxylation is 2. The van der Waals surface area contributed by atoms with Gasteiger partial charge >= 0.3 is 17.9 Å². The first-order valence-corrected chi connectivity index (χ1v) is 29.9. The predicted octanol–water partition coefficient (Wildman–Crippen LogP) is 20.2. The Balaban J connectivity index is 0.000000281. The molecule has 0 amide bonds. The molecule has 0 aliphatic heterocycles. The van der Waals surface area contributed by atoms with E-state index in [1.165, 1.54) is 81.2 Å². The van der Waals surface area contributed by atoms with Gasteiger partial charge in [0.25, 0.3) is 0 Å². The second-order valence-corrected chi connectivity index (χ2v) is 22.5. The first-order valence-electron chi connectivity index (χ1n) is 27.5. The van der Waals surface area contributed by atoms with E-state index in [2.05, 4.69) is 121 Å². The average Bonchev–Trinajstić information content (AvgIpc) is 3.41. The summed E-state index contributed by atoms with van der Waals surface area (Å²) in [6.07, 6.45) is 17.5. The fraction of sp³-hybridized carbons (Fsp3) is 0.409. The van der Waals surface area contributed by atoms with Gasteiger partial charge in [0, 0.05) is 54.2 Å². The molecule has 0 fully saturated rings.